The molecule has 1 atom stereocenters. The number of aromatic nitrogens is 1. The smallest absolute Gasteiger partial charge is 0.239 e. The topological polar surface area (TPSA) is 62.5 Å². The fourth-order valence-corrected chi connectivity index (χ4v) is 3.11. The first-order chi connectivity index (χ1) is 9.60. The van der Waals surface area contributed by atoms with Crippen LogP contribution in [0.5, 0.6) is 0 Å². The van der Waals surface area contributed by atoms with Gasteiger partial charge in [0, 0.05) is 38.1 Å². The number of amides is 1. The van der Waals surface area contributed by atoms with Crippen LogP contribution in [0.1, 0.15) is 30.5 Å². The van der Waals surface area contributed by atoms with Crippen LogP contribution in [0, 0.1) is 6.92 Å². The summed E-state index contributed by atoms with van der Waals surface area (Å²) in [5.74, 6) is 0.107. The van der Waals surface area contributed by atoms with Crippen molar-refractivity contribution >= 4 is 17.2 Å². The average molecular weight is 296 g/mol. The van der Waals surface area contributed by atoms with E-state index in [0.717, 1.165) is 56.3 Å². The maximum atomic E-state index is 12.1. The fraction of sp³-hybridized carbons (Fsp3) is 0.714. The molecule has 1 aromatic rings. The summed E-state index contributed by atoms with van der Waals surface area (Å²) in [4.78, 5) is 20.9. The van der Waals surface area contributed by atoms with Gasteiger partial charge in [0.05, 0.1) is 16.7 Å². The van der Waals surface area contributed by atoms with E-state index in [1.165, 1.54) is 0 Å². The van der Waals surface area contributed by atoms with Crippen molar-refractivity contribution in [2.45, 2.75) is 39.3 Å². The number of piperazine rings is 1. The third kappa shape index (κ3) is 4.01. The molecule has 1 fully saturated rings. The van der Waals surface area contributed by atoms with E-state index in [1.807, 2.05) is 11.8 Å². The lowest BCUT2D eigenvalue weighted by Crippen LogP contribution is -2.52. The van der Waals surface area contributed by atoms with Crippen LogP contribution in [0.4, 0.5) is 0 Å². The molecule has 0 aliphatic carbocycles. The summed E-state index contributed by atoms with van der Waals surface area (Å²) in [5.41, 5.74) is 7.04. The summed E-state index contributed by atoms with van der Waals surface area (Å²) in [7, 11) is 0. The number of rotatable bonds is 5. The van der Waals surface area contributed by atoms with Crippen molar-refractivity contribution in [1.29, 1.82) is 0 Å². The molecular formula is C14H24N4OS. The molecule has 20 heavy (non-hydrogen) atoms. The monoisotopic (exact) mass is 296 g/mol. The van der Waals surface area contributed by atoms with Gasteiger partial charge in [-0.1, -0.05) is 13.3 Å². The number of nitrogens with zero attached hydrogens (tertiary/aromatic N) is 3. The Hall–Kier alpha value is -0.980. The standard InChI is InChI=1S/C14H24N4OS/c1-3-4-13(15)14(19)18-7-5-17(6-8-18)9-12-10-20-11(2)16-12/h10,13H,3-9,15H2,1-2H3. The van der Waals surface area contributed by atoms with Gasteiger partial charge in [-0.3, -0.25) is 9.69 Å². The van der Waals surface area contributed by atoms with Crippen LogP contribution in [0.3, 0.4) is 0 Å². The largest absolute Gasteiger partial charge is 0.339 e. The SMILES string of the molecule is CCCC(N)C(=O)N1CCN(Cc2csc(C)n2)CC1. The maximum absolute atomic E-state index is 12.1. The number of hydrogen-bond donors (Lipinski definition) is 1. The molecule has 2 heterocycles. The highest BCUT2D eigenvalue weighted by atomic mass is 32.1. The number of hydrogen-bond acceptors (Lipinski definition) is 5. The minimum atomic E-state index is -0.326. The molecule has 1 amide bonds. The first-order valence-corrected chi connectivity index (χ1v) is 8.16. The molecule has 0 radical (unpaired) electrons. The molecule has 2 rings (SSSR count). The average Bonchev–Trinajstić information content (AvgIpc) is 2.84. The Balaban J connectivity index is 1.78. The molecule has 1 aromatic heterocycles. The van der Waals surface area contributed by atoms with Gasteiger partial charge in [0.15, 0.2) is 0 Å². The Bertz CT molecular complexity index is 440. The summed E-state index contributed by atoms with van der Waals surface area (Å²) in [6.45, 7) is 8.33. The Labute approximate surface area is 124 Å². The van der Waals surface area contributed by atoms with Gasteiger partial charge in [-0.05, 0) is 13.3 Å². The zero-order valence-corrected chi connectivity index (χ0v) is 13.2. The minimum absolute atomic E-state index is 0.107. The van der Waals surface area contributed by atoms with Gasteiger partial charge in [-0.2, -0.15) is 0 Å². The lowest BCUT2D eigenvalue weighted by molar-refractivity contribution is -0.134. The third-order valence-electron chi connectivity index (χ3n) is 3.65. The summed E-state index contributed by atoms with van der Waals surface area (Å²) < 4.78 is 0. The lowest BCUT2D eigenvalue weighted by Gasteiger charge is -2.35. The van der Waals surface area contributed by atoms with Gasteiger partial charge in [0.1, 0.15) is 0 Å². The highest BCUT2D eigenvalue weighted by molar-refractivity contribution is 7.09. The van der Waals surface area contributed by atoms with Crippen molar-refractivity contribution in [1.82, 2.24) is 14.8 Å². The molecule has 0 bridgehead atoms. The predicted molar refractivity (Wildman–Crippen MR) is 81.6 cm³/mol. The summed E-state index contributed by atoms with van der Waals surface area (Å²) in [6, 6.07) is -0.326. The van der Waals surface area contributed by atoms with Gasteiger partial charge in [0.2, 0.25) is 5.91 Å². The molecule has 5 nitrogen and oxygen atoms in total. The molecule has 1 aliphatic rings. The lowest BCUT2D eigenvalue weighted by atomic mass is 10.1. The summed E-state index contributed by atoms with van der Waals surface area (Å²) in [6.07, 6.45) is 1.73. The molecule has 1 aliphatic heterocycles. The van der Waals surface area contributed by atoms with Crippen molar-refractivity contribution in [2.75, 3.05) is 26.2 Å². The molecule has 0 spiro atoms. The molecule has 2 N–H and O–H groups in total. The zero-order chi connectivity index (χ0) is 14.5. The van der Waals surface area contributed by atoms with E-state index in [1.54, 1.807) is 11.3 Å². The molecule has 1 unspecified atom stereocenters. The second-order valence-electron chi connectivity index (χ2n) is 5.35. The number of thiazole rings is 1. The van der Waals surface area contributed by atoms with Gasteiger partial charge >= 0.3 is 0 Å². The summed E-state index contributed by atoms with van der Waals surface area (Å²) >= 11 is 1.69. The van der Waals surface area contributed by atoms with Crippen LogP contribution in [0.15, 0.2) is 5.38 Å². The van der Waals surface area contributed by atoms with Crippen LogP contribution >= 0.6 is 11.3 Å². The van der Waals surface area contributed by atoms with Crippen molar-refractivity contribution in [2.24, 2.45) is 5.73 Å². The first-order valence-electron chi connectivity index (χ1n) is 7.28. The molecule has 1 saturated heterocycles. The van der Waals surface area contributed by atoms with Crippen LogP contribution in [0.2, 0.25) is 0 Å². The second-order valence-corrected chi connectivity index (χ2v) is 6.42. The number of aryl methyl sites for hydroxylation is 1. The van der Waals surface area contributed by atoms with Crippen LogP contribution in [-0.2, 0) is 11.3 Å². The normalized spacial score (nSPS) is 18.2. The fourth-order valence-electron chi connectivity index (χ4n) is 2.51. The number of carbonyl (C=O) groups excluding carboxylic acids is 1. The molecule has 0 saturated carbocycles. The van der Waals surface area contributed by atoms with Crippen molar-refractivity contribution in [3.05, 3.63) is 16.1 Å². The highest BCUT2D eigenvalue weighted by Gasteiger charge is 2.24. The van der Waals surface area contributed by atoms with Crippen LogP contribution < -0.4 is 5.73 Å². The van der Waals surface area contributed by atoms with Gasteiger partial charge in [-0.25, -0.2) is 4.98 Å². The number of nitrogens with two attached hydrogens (primary N) is 1. The van der Waals surface area contributed by atoms with Crippen molar-refractivity contribution in [3.63, 3.8) is 0 Å². The van der Waals surface area contributed by atoms with Crippen molar-refractivity contribution < 1.29 is 4.79 Å². The third-order valence-corrected chi connectivity index (χ3v) is 4.48. The minimum Gasteiger partial charge on any atom is -0.339 e. The quantitative estimate of drug-likeness (QED) is 0.887. The maximum Gasteiger partial charge on any atom is 0.239 e. The van der Waals surface area contributed by atoms with E-state index in [0.29, 0.717) is 0 Å². The predicted octanol–water partition coefficient (Wildman–Crippen LogP) is 1.22. The molecule has 6 heteroatoms. The van der Waals surface area contributed by atoms with Gasteiger partial charge in [0.25, 0.3) is 0 Å². The van der Waals surface area contributed by atoms with E-state index < -0.39 is 0 Å². The number of carbonyl (C=O) groups is 1. The molecular weight excluding hydrogens is 272 g/mol. The van der Waals surface area contributed by atoms with Crippen LogP contribution in [-0.4, -0.2) is 52.9 Å². The van der Waals surface area contributed by atoms with E-state index in [9.17, 15) is 4.79 Å². The second kappa shape index (κ2) is 7.15. The summed E-state index contributed by atoms with van der Waals surface area (Å²) in [5, 5.41) is 3.23. The Morgan fingerprint density at radius 3 is 2.70 bits per heavy atom. The van der Waals surface area contributed by atoms with E-state index in [2.05, 4.69) is 22.2 Å². The Kier molecular flexibility index (Phi) is 5.51. The Morgan fingerprint density at radius 2 is 2.15 bits per heavy atom. The zero-order valence-electron chi connectivity index (χ0n) is 12.3. The van der Waals surface area contributed by atoms with Crippen LogP contribution in [0.25, 0.3) is 0 Å². The molecule has 0 aromatic carbocycles. The van der Waals surface area contributed by atoms with E-state index >= 15 is 0 Å². The van der Waals surface area contributed by atoms with Crippen molar-refractivity contribution in [3.8, 4) is 0 Å². The van der Waals surface area contributed by atoms with E-state index in [4.69, 9.17) is 5.73 Å². The Morgan fingerprint density at radius 1 is 1.45 bits per heavy atom. The first kappa shape index (κ1) is 15.4. The van der Waals surface area contributed by atoms with Gasteiger partial charge < -0.3 is 10.6 Å². The molecule has 112 valence electrons. The highest BCUT2D eigenvalue weighted by Crippen LogP contribution is 2.13. The van der Waals surface area contributed by atoms with Gasteiger partial charge in [-0.15, -0.1) is 11.3 Å². The van der Waals surface area contributed by atoms with E-state index in [-0.39, 0.29) is 11.9 Å².